The van der Waals surface area contributed by atoms with Crippen LogP contribution in [-0.2, 0) is 0 Å². The maximum atomic E-state index is 6.33. The number of rotatable bonds is 2. The minimum atomic E-state index is -0.234. The van der Waals surface area contributed by atoms with E-state index in [2.05, 4.69) is 71.0 Å². The molecule has 4 aromatic rings. The van der Waals surface area contributed by atoms with Crippen LogP contribution in [0.2, 0.25) is 0 Å². The Morgan fingerprint density at radius 3 is 2.42 bits per heavy atom. The number of pyridine rings is 1. The first-order valence-electron chi connectivity index (χ1n) is 8.79. The van der Waals surface area contributed by atoms with Gasteiger partial charge in [-0.05, 0) is 28.5 Å². The molecule has 2 heterocycles. The van der Waals surface area contributed by atoms with Gasteiger partial charge in [0.15, 0.2) is 6.23 Å². The second kappa shape index (κ2) is 6.28. The zero-order chi connectivity index (χ0) is 17.3. The first kappa shape index (κ1) is 15.1. The van der Waals surface area contributed by atoms with Gasteiger partial charge in [0, 0.05) is 23.5 Å². The average molecular weight is 338 g/mol. The largest absolute Gasteiger partial charge is 0.471 e. The van der Waals surface area contributed by atoms with E-state index < -0.39 is 0 Å². The van der Waals surface area contributed by atoms with E-state index >= 15 is 0 Å². The molecule has 126 valence electrons. The second-order valence-electron chi connectivity index (χ2n) is 6.49. The fraction of sp³-hybridized carbons (Fsp3) is 0.0870. The lowest BCUT2D eigenvalue weighted by molar-refractivity contribution is 0.133. The quantitative estimate of drug-likeness (QED) is 0.558. The molecule has 2 atom stereocenters. The highest BCUT2D eigenvalue weighted by molar-refractivity contribution is 5.89. The molecular weight excluding hydrogens is 320 g/mol. The predicted octanol–water partition coefficient (Wildman–Crippen LogP) is 5.01. The summed E-state index contributed by atoms with van der Waals surface area (Å²) in [5.74, 6) is 0.921. The highest BCUT2D eigenvalue weighted by Crippen LogP contribution is 2.42. The van der Waals surface area contributed by atoms with Gasteiger partial charge in [0.2, 0.25) is 0 Å². The van der Waals surface area contributed by atoms with Crippen molar-refractivity contribution in [2.45, 2.75) is 12.3 Å². The fourth-order valence-corrected chi connectivity index (χ4v) is 3.68. The van der Waals surface area contributed by atoms with E-state index in [1.807, 2.05) is 24.4 Å². The van der Waals surface area contributed by atoms with Crippen molar-refractivity contribution in [2.24, 2.45) is 0 Å². The first-order chi connectivity index (χ1) is 12.9. The van der Waals surface area contributed by atoms with Gasteiger partial charge >= 0.3 is 0 Å². The molecular formula is C23H18N2O. The number of nitrogens with one attached hydrogen (secondary N) is 1. The molecule has 3 heteroatoms. The van der Waals surface area contributed by atoms with E-state index in [1.165, 1.54) is 21.9 Å². The van der Waals surface area contributed by atoms with Crippen molar-refractivity contribution in [3.8, 4) is 5.75 Å². The van der Waals surface area contributed by atoms with E-state index in [4.69, 9.17) is 4.74 Å². The Labute approximate surface area is 152 Å². The Bertz CT molecular complexity index is 1050. The molecule has 0 amide bonds. The van der Waals surface area contributed by atoms with Crippen LogP contribution in [0.3, 0.4) is 0 Å². The van der Waals surface area contributed by atoms with Gasteiger partial charge in [0.05, 0.1) is 6.04 Å². The first-order valence-corrected chi connectivity index (χ1v) is 8.79. The number of hydrogen-bond acceptors (Lipinski definition) is 3. The molecule has 1 aliphatic heterocycles. The maximum Gasteiger partial charge on any atom is 0.178 e. The highest BCUT2D eigenvalue weighted by atomic mass is 16.5. The molecule has 3 nitrogen and oxygen atoms in total. The van der Waals surface area contributed by atoms with Crippen LogP contribution in [0.1, 0.15) is 29.0 Å². The highest BCUT2D eigenvalue weighted by Gasteiger charge is 2.31. The van der Waals surface area contributed by atoms with Crippen molar-refractivity contribution < 1.29 is 4.74 Å². The van der Waals surface area contributed by atoms with Crippen molar-refractivity contribution in [3.05, 3.63) is 108 Å². The third-order valence-electron chi connectivity index (χ3n) is 4.90. The van der Waals surface area contributed by atoms with Crippen LogP contribution in [0.25, 0.3) is 10.8 Å². The van der Waals surface area contributed by atoms with Gasteiger partial charge in [0.25, 0.3) is 0 Å². The number of aromatic nitrogens is 1. The lowest BCUT2D eigenvalue weighted by Gasteiger charge is -2.35. The molecule has 0 aliphatic carbocycles. The zero-order valence-corrected chi connectivity index (χ0v) is 14.2. The Morgan fingerprint density at radius 2 is 1.58 bits per heavy atom. The summed E-state index contributed by atoms with van der Waals surface area (Å²) < 4.78 is 6.33. The van der Waals surface area contributed by atoms with E-state index in [1.54, 1.807) is 6.20 Å². The van der Waals surface area contributed by atoms with E-state index in [0.29, 0.717) is 0 Å². The smallest absolute Gasteiger partial charge is 0.178 e. The average Bonchev–Trinajstić information content (AvgIpc) is 2.74. The summed E-state index contributed by atoms with van der Waals surface area (Å²) in [5, 5.41) is 6.11. The van der Waals surface area contributed by atoms with Gasteiger partial charge in [-0.25, -0.2) is 0 Å². The van der Waals surface area contributed by atoms with Crippen molar-refractivity contribution in [1.82, 2.24) is 10.3 Å². The Balaban J connectivity index is 1.70. The summed E-state index contributed by atoms with van der Waals surface area (Å²) in [6.45, 7) is 0. The maximum absolute atomic E-state index is 6.33. The Kier molecular flexibility index (Phi) is 3.65. The van der Waals surface area contributed by atoms with Crippen LogP contribution in [-0.4, -0.2) is 4.98 Å². The molecule has 5 rings (SSSR count). The normalized spacial score (nSPS) is 18.9. The van der Waals surface area contributed by atoms with Crippen LogP contribution in [0.15, 0.2) is 91.3 Å². The molecule has 0 saturated heterocycles. The van der Waals surface area contributed by atoms with Crippen LogP contribution in [0.5, 0.6) is 5.75 Å². The summed E-state index contributed by atoms with van der Waals surface area (Å²) in [4.78, 5) is 4.24. The SMILES string of the molecule is c1ccc(C2NC(c3cccnc3)Oc3ccc4ccccc4c32)cc1. The fourth-order valence-electron chi connectivity index (χ4n) is 3.68. The minimum absolute atomic E-state index is 0.0521. The summed E-state index contributed by atoms with van der Waals surface area (Å²) in [7, 11) is 0. The number of nitrogens with zero attached hydrogens (tertiary/aromatic N) is 1. The van der Waals surface area contributed by atoms with Gasteiger partial charge in [-0.3, -0.25) is 10.3 Å². The standard InChI is InChI=1S/C23H18N2O/c1-2-8-17(9-3-1)22-21-19-11-5-4-7-16(19)12-13-20(21)26-23(25-22)18-10-6-14-24-15-18/h1-15,22-23,25H. The zero-order valence-electron chi connectivity index (χ0n) is 14.2. The molecule has 1 aromatic heterocycles. The molecule has 0 fully saturated rings. The van der Waals surface area contributed by atoms with Crippen LogP contribution in [0.4, 0.5) is 0 Å². The second-order valence-corrected chi connectivity index (χ2v) is 6.49. The van der Waals surface area contributed by atoms with Crippen molar-refractivity contribution in [2.75, 3.05) is 0 Å². The Hall–Kier alpha value is -3.17. The summed E-state index contributed by atoms with van der Waals surface area (Å²) >= 11 is 0. The van der Waals surface area contributed by atoms with Crippen molar-refractivity contribution >= 4 is 10.8 Å². The Morgan fingerprint density at radius 1 is 0.769 bits per heavy atom. The van der Waals surface area contributed by atoms with Gasteiger partial charge in [-0.15, -0.1) is 0 Å². The molecule has 0 spiro atoms. The lowest BCUT2D eigenvalue weighted by Crippen LogP contribution is -2.35. The van der Waals surface area contributed by atoms with E-state index in [-0.39, 0.29) is 12.3 Å². The molecule has 3 aromatic carbocycles. The summed E-state index contributed by atoms with van der Waals surface area (Å²) in [5.41, 5.74) is 3.43. The summed E-state index contributed by atoms with van der Waals surface area (Å²) in [6.07, 6.45) is 3.40. The molecule has 0 radical (unpaired) electrons. The molecule has 0 bridgehead atoms. The van der Waals surface area contributed by atoms with Gasteiger partial charge in [-0.1, -0.05) is 66.7 Å². The van der Waals surface area contributed by atoms with E-state index in [9.17, 15) is 0 Å². The molecule has 1 aliphatic rings. The predicted molar refractivity (Wildman–Crippen MR) is 103 cm³/mol. The van der Waals surface area contributed by atoms with E-state index in [0.717, 1.165) is 11.3 Å². The molecule has 1 N–H and O–H groups in total. The van der Waals surface area contributed by atoms with Gasteiger partial charge in [-0.2, -0.15) is 0 Å². The lowest BCUT2D eigenvalue weighted by atomic mass is 9.91. The topological polar surface area (TPSA) is 34.2 Å². The van der Waals surface area contributed by atoms with Gasteiger partial charge < -0.3 is 4.74 Å². The van der Waals surface area contributed by atoms with Crippen molar-refractivity contribution in [3.63, 3.8) is 0 Å². The third kappa shape index (κ3) is 2.54. The molecule has 0 saturated carbocycles. The summed E-state index contributed by atoms with van der Waals surface area (Å²) in [6, 6.07) is 27.2. The number of fused-ring (bicyclic) bond motifs is 3. The number of hydrogen-bond donors (Lipinski definition) is 1. The number of benzene rings is 3. The third-order valence-corrected chi connectivity index (χ3v) is 4.90. The van der Waals surface area contributed by atoms with Gasteiger partial charge in [0.1, 0.15) is 5.75 Å². The van der Waals surface area contributed by atoms with Crippen molar-refractivity contribution in [1.29, 1.82) is 0 Å². The van der Waals surface area contributed by atoms with Crippen LogP contribution < -0.4 is 10.1 Å². The van der Waals surface area contributed by atoms with Crippen LogP contribution in [0, 0.1) is 0 Å². The minimum Gasteiger partial charge on any atom is -0.471 e. The number of ether oxygens (including phenoxy) is 1. The van der Waals surface area contributed by atoms with Crippen LogP contribution >= 0.6 is 0 Å². The molecule has 26 heavy (non-hydrogen) atoms. The monoisotopic (exact) mass is 338 g/mol. The molecule has 2 unspecified atom stereocenters.